The van der Waals surface area contributed by atoms with Crippen molar-refractivity contribution in [1.82, 2.24) is 15.0 Å². The Morgan fingerprint density at radius 3 is 2.39 bits per heavy atom. The number of carbonyl (C=O) groups is 1. The first-order chi connectivity index (χ1) is 13.8. The number of ketones is 1. The van der Waals surface area contributed by atoms with E-state index in [9.17, 15) is 4.79 Å². The molecule has 0 radical (unpaired) electrons. The largest absolute Gasteiger partial charge is 0.287 e. The average Bonchev–Trinajstić information content (AvgIpc) is 2.77. The maximum Gasteiger partial charge on any atom is 0.214 e. The summed E-state index contributed by atoms with van der Waals surface area (Å²) < 4.78 is 0. The van der Waals surface area contributed by atoms with E-state index in [0.717, 1.165) is 38.5 Å². The van der Waals surface area contributed by atoms with Crippen LogP contribution < -0.4 is 0 Å². The van der Waals surface area contributed by atoms with Crippen molar-refractivity contribution in [3.05, 3.63) is 90.4 Å². The van der Waals surface area contributed by atoms with E-state index < -0.39 is 0 Å². The maximum atomic E-state index is 13.2. The molecule has 0 aliphatic heterocycles. The zero-order valence-corrected chi connectivity index (χ0v) is 14.8. The molecule has 0 fully saturated rings. The molecule has 5 aromatic rings. The molecule has 0 spiro atoms. The van der Waals surface area contributed by atoms with Gasteiger partial charge in [-0.2, -0.15) is 0 Å². The molecule has 0 bridgehead atoms. The Kier molecular flexibility index (Phi) is 3.00. The van der Waals surface area contributed by atoms with Gasteiger partial charge in [0.2, 0.25) is 5.78 Å². The SMILES string of the molecule is O=C1c2cccnc2-c2nccc3c2c1nc1cc(-c2ccccc2)ccc13. The number of pyridine rings is 3. The molecule has 0 amide bonds. The van der Waals surface area contributed by atoms with Crippen molar-refractivity contribution >= 4 is 27.5 Å². The smallest absolute Gasteiger partial charge is 0.214 e. The van der Waals surface area contributed by atoms with Gasteiger partial charge >= 0.3 is 0 Å². The van der Waals surface area contributed by atoms with E-state index in [1.165, 1.54) is 0 Å². The molecule has 0 saturated carbocycles. The minimum atomic E-state index is -0.0967. The minimum Gasteiger partial charge on any atom is -0.287 e. The molecule has 130 valence electrons. The van der Waals surface area contributed by atoms with Crippen LogP contribution in [0.1, 0.15) is 16.1 Å². The van der Waals surface area contributed by atoms with Crippen molar-refractivity contribution in [1.29, 1.82) is 0 Å². The van der Waals surface area contributed by atoms with Crippen LogP contribution in [0, 0.1) is 0 Å². The van der Waals surface area contributed by atoms with Gasteiger partial charge in [0.1, 0.15) is 11.4 Å². The first-order valence-electron chi connectivity index (χ1n) is 9.09. The summed E-state index contributed by atoms with van der Waals surface area (Å²) in [5, 5.41) is 2.78. The molecule has 3 aromatic heterocycles. The highest BCUT2D eigenvalue weighted by Gasteiger charge is 2.29. The zero-order valence-electron chi connectivity index (χ0n) is 14.8. The lowest BCUT2D eigenvalue weighted by molar-refractivity contribution is 0.103. The Balaban J connectivity index is 1.72. The predicted octanol–water partition coefficient (Wildman–Crippen LogP) is 5.06. The van der Waals surface area contributed by atoms with Crippen molar-refractivity contribution in [2.75, 3.05) is 0 Å². The second-order valence-corrected chi connectivity index (χ2v) is 6.87. The second kappa shape index (κ2) is 5.54. The number of benzene rings is 2. The Morgan fingerprint density at radius 2 is 1.50 bits per heavy atom. The van der Waals surface area contributed by atoms with Crippen molar-refractivity contribution in [2.45, 2.75) is 0 Å². The van der Waals surface area contributed by atoms with Crippen LogP contribution in [0.3, 0.4) is 0 Å². The van der Waals surface area contributed by atoms with E-state index in [1.54, 1.807) is 24.5 Å². The van der Waals surface area contributed by atoms with Gasteiger partial charge in [-0.15, -0.1) is 0 Å². The van der Waals surface area contributed by atoms with Gasteiger partial charge in [0.15, 0.2) is 0 Å². The fourth-order valence-corrected chi connectivity index (χ4v) is 4.01. The highest BCUT2D eigenvalue weighted by molar-refractivity contribution is 6.27. The summed E-state index contributed by atoms with van der Waals surface area (Å²) in [6, 6.07) is 21.9. The van der Waals surface area contributed by atoms with E-state index in [4.69, 9.17) is 4.98 Å². The normalized spacial score (nSPS) is 12.4. The first kappa shape index (κ1) is 15.2. The summed E-state index contributed by atoms with van der Waals surface area (Å²) in [5.41, 5.74) is 5.37. The molecule has 0 unspecified atom stereocenters. The third-order valence-corrected chi connectivity index (χ3v) is 5.31. The molecular formula is C24H13N3O. The monoisotopic (exact) mass is 359 g/mol. The van der Waals surface area contributed by atoms with Gasteiger partial charge in [-0.3, -0.25) is 14.8 Å². The van der Waals surface area contributed by atoms with Crippen LogP contribution in [0.2, 0.25) is 0 Å². The fourth-order valence-electron chi connectivity index (χ4n) is 4.01. The lowest BCUT2D eigenvalue weighted by Gasteiger charge is -2.18. The van der Waals surface area contributed by atoms with Crippen LogP contribution in [-0.2, 0) is 0 Å². The van der Waals surface area contributed by atoms with E-state index >= 15 is 0 Å². The number of rotatable bonds is 1. The van der Waals surface area contributed by atoms with Crippen LogP contribution in [0.5, 0.6) is 0 Å². The molecule has 6 rings (SSSR count). The molecular weight excluding hydrogens is 346 g/mol. The van der Waals surface area contributed by atoms with Gasteiger partial charge in [0.25, 0.3) is 0 Å². The standard InChI is InChI=1S/C24H13N3O/c28-24-18-7-4-11-25-21(18)22-20-17(10-12-26-22)16-9-8-15(13-19(16)27-23(20)24)14-5-2-1-3-6-14/h1-13H. The third kappa shape index (κ3) is 2.00. The van der Waals surface area contributed by atoms with Crippen molar-refractivity contribution in [3.63, 3.8) is 0 Å². The summed E-state index contributed by atoms with van der Waals surface area (Å²) in [5.74, 6) is -0.0967. The molecule has 0 atom stereocenters. The third-order valence-electron chi connectivity index (χ3n) is 5.31. The number of hydrogen-bond donors (Lipinski definition) is 0. The molecule has 3 heterocycles. The Hall–Kier alpha value is -3.92. The summed E-state index contributed by atoms with van der Waals surface area (Å²) in [6.45, 7) is 0. The number of carbonyl (C=O) groups excluding carboxylic acids is 1. The van der Waals surface area contributed by atoms with Gasteiger partial charge in [0.05, 0.1) is 16.8 Å². The molecule has 1 aliphatic carbocycles. The zero-order chi connectivity index (χ0) is 18.7. The molecule has 1 aliphatic rings. The predicted molar refractivity (Wildman–Crippen MR) is 109 cm³/mol. The van der Waals surface area contributed by atoms with Gasteiger partial charge in [0, 0.05) is 23.2 Å². The van der Waals surface area contributed by atoms with Crippen LogP contribution >= 0.6 is 0 Å². The van der Waals surface area contributed by atoms with Gasteiger partial charge in [-0.05, 0) is 40.8 Å². The average molecular weight is 359 g/mol. The van der Waals surface area contributed by atoms with Crippen LogP contribution in [0.25, 0.3) is 44.2 Å². The maximum absolute atomic E-state index is 13.2. The highest BCUT2D eigenvalue weighted by Crippen LogP contribution is 2.39. The van der Waals surface area contributed by atoms with Crippen LogP contribution in [-0.4, -0.2) is 20.7 Å². The number of aromatic nitrogens is 3. The van der Waals surface area contributed by atoms with E-state index in [1.807, 2.05) is 30.3 Å². The molecule has 0 saturated heterocycles. The lowest BCUT2D eigenvalue weighted by atomic mass is 9.90. The number of nitrogens with zero attached hydrogens (tertiary/aromatic N) is 3. The van der Waals surface area contributed by atoms with Gasteiger partial charge in [-0.25, -0.2) is 4.98 Å². The molecule has 28 heavy (non-hydrogen) atoms. The summed E-state index contributed by atoms with van der Waals surface area (Å²) in [4.78, 5) is 26.9. The number of fused-ring (bicyclic) bond motifs is 4. The first-order valence-corrected chi connectivity index (χ1v) is 9.09. The highest BCUT2D eigenvalue weighted by atomic mass is 16.1. The van der Waals surface area contributed by atoms with Gasteiger partial charge in [-0.1, -0.05) is 42.5 Å². The van der Waals surface area contributed by atoms with Crippen LogP contribution in [0.15, 0.2) is 79.1 Å². The summed E-state index contributed by atoms with van der Waals surface area (Å²) in [7, 11) is 0. The number of hydrogen-bond acceptors (Lipinski definition) is 4. The van der Waals surface area contributed by atoms with Crippen molar-refractivity contribution < 1.29 is 4.79 Å². The van der Waals surface area contributed by atoms with E-state index in [-0.39, 0.29) is 5.78 Å². The minimum absolute atomic E-state index is 0.0967. The summed E-state index contributed by atoms with van der Waals surface area (Å²) in [6.07, 6.45) is 3.47. The topological polar surface area (TPSA) is 55.7 Å². The second-order valence-electron chi connectivity index (χ2n) is 6.87. The quantitative estimate of drug-likeness (QED) is 0.385. The molecule has 2 aromatic carbocycles. The lowest BCUT2D eigenvalue weighted by Crippen LogP contribution is -2.14. The van der Waals surface area contributed by atoms with E-state index in [0.29, 0.717) is 17.0 Å². The summed E-state index contributed by atoms with van der Waals surface area (Å²) >= 11 is 0. The van der Waals surface area contributed by atoms with E-state index in [2.05, 4.69) is 34.2 Å². The Labute approximate surface area is 160 Å². The van der Waals surface area contributed by atoms with Crippen molar-refractivity contribution in [3.8, 4) is 22.5 Å². The molecule has 0 N–H and O–H groups in total. The van der Waals surface area contributed by atoms with Gasteiger partial charge < -0.3 is 0 Å². The van der Waals surface area contributed by atoms with Crippen molar-refractivity contribution in [2.24, 2.45) is 0 Å². The van der Waals surface area contributed by atoms with Crippen LogP contribution in [0.4, 0.5) is 0 Å². The molecule has 4 heteroatoms. The fraction of sp³-hybridized carbons (Fsp3) is 0. The Morgan fingerprint density at radius 1 is 0.643 bits per heavy atom. The Bertz CT molecular complexity index is 1420. The molecule has 4 nitrogen and oxygen atoms in total.